The Balaban J connectivity index is 1.91. The molecule has 32 heavy (non-hydrogen) atoms. The smallest absolute Gasteiger partial charge is 0.0320 e. The van der Waals surface area contributed by atoms with Crippen LogP contribution in [0, 0.1) is 5.41 Å². The zero-order valence-electron chi connectivity index (χ0n) is 17.7. The van der Waals surface area contributed by atoms with Gasteiger partial charge in [-0.15, -0.1) is 0 Å². The Kier molecular flexibility index (Phi) is 4.77. The average molecular weight is 810 g/mol. The predicted molar refractivity (Wildman–Crippen MR) is 153 cm³/mol. The van der Waals surface area contributed by atoms with E-state index < -0.39 is 0 Å². The zero-order valence-corrected chi connectivity index (χ0v) is 27.2. The van der Waals surface area contributed by atoms with Crippen LogP contribution in [-0.4, -0.2) is 0 Å². The number of rotatable bonds is 0. The maximum atomic E-state index is 3.81. The lowest BCUT2D eigenvalue weighted by Gasteiger charge is -2.49. The summed E-state index contributed by atoms with van der Waals surface area (Å²) in [5.41, 5.74) is 7.93. The van der Waals surface area contributed by atoms with Gasteiger partial charge in [-0.25, -0.2) is 0 Å². The quantitative estimate of drug-likeness (QED) is 0.212. The molecule has 0 saturated heterocycles. The Bertz CT molecular complexity index is 1150. The van der Waals surface area contributed by atoms with Crippen LogP contribution in [-0.2, 0) is 16.2 Å². The summed E-state index contributed by atoms with van der Waals surface area (Å²) >= 11 is 22.9. The fourth-order valence-electron chi connectivity index (χ4n) is 7.67. The van der Waals surface area contributed by atoms with Crippen molar-refractivity contribution in [1.82, 2.24) is 0 Å². The maximum Gasteiger partial charge on any atom is 0.0320 e. The van der Waals surface area contributed by atoms with Gasteiger partial charge in [-0.3, -0.25) is 0 Å². The van der Waals surface area contributed by atoms with Crippen LogP contribution in [0.15, 0.2) is 63.2 Å². The highest BCUT2D eigenvalue weighted by Gasteiger charge is 2.79. The summed E-state index contributed by atoms with van der Waals surface area (Å²) in [6.07, 6.45) is 0. The van der Waals surface area contributed by atoms with Crippen molar-refractivity contribution in [1.29, 1.82) is 0 Å². The molecule has 6 rings (SSSR count). The molecule has 3 aliphatic carbocycles. The maximum absolute atomic E-state index is 3.81. The molecule has 3 aromatic carbocycles. The Morgan fingerprint density at radius 2 is 0.531 bits per heavy atom. The molecule has 164 valence electrons. The molecule has 3 aromatic rings. The van der Waals surface area contributed by atoms with Crippen molar-refractivity contribution < 1.29 is 0 Å². The molecule has 0 bridgehead atoms. The molecule has 0 radical (unpaired) electrons. The number of halogens is 6. The molecular weight excluding hydrogens is 792 g/mol. The van der Waals surface area contributed by atoms with Crippen LogP contribution >= 0.6 is 95.6 Å². The predicted octanol–water partition coefficient (Wildman–Crippen LogP) is 10.5. The molecule has 0 unspecified atom stereocenters. The third kappa shape index (κ3) is 2.14. The Morgan fingerprint density at radius 1 is 0.375 bits per heavy atom. The summed E-state index contributed by atoms with van der Waals surface area (Å²) in [5.74, 6) is 0. The highest BCUT2D eigenvalue weighted by atomic mass is 79.9. The van der Waals surface area contributed by atoms with Crippen LogP contribution in [0.25, 0.3) is 0 Å². The van der Waals surface area contributed by atoms with E-state index in [1.54, 1.807) is 0 Å². The van der Waals surface area contributed by atoms with Gasteiger partial charge in [-0.2, -0.15) is 0 Å². The lowest BCUT2D eigenvalue weighted by Crippen LogP contribution is -2.51. The van der Waals surface area contributed by atoms with Gasteiger partial charge in [-0.1, -0.05) is 27.7 Å². The highest BCUT2D eigenvalue weighted by molar-refractivity contribution is 9.13. The van der Waals surface area contributed by atoms with E-state index in [1.165, 1.54) is 33.4 Å². The van der Waals surface area contributed by atoms with Crippen molar-refractivity contribution in [3.05, 3.63) is 96.6 Å². The third-order valence-corrected chi connectivity index (χ3v) is 14.9. The number of benzene rings is 3. The van der Waals surface area contributed by atoms with E-state index >= 15 is 0 Å². The van der Waals surface area contributed by atoms with Crippen molar-refractivity contribution in [2.75, 3.05) is 0 Å². The summed E-state index contributed by atoms with van der Waals surface area (Å²) in [7, 11) is 0. The molecule has 0 amide bonds. The minimum atomic E-state index is -0.161. The second-order valence-corrected chi connectivity index (χ2v) is 15.1. The fraction of sp³-hybridized carbons (Fsp3) is 0.308. The summed E-state index contributed by atoms with van der Waals surface area (Å²) in [6.45, 7) is 9.94. The minimum Gasteiger partial charge on any atom is -0.0561 e. The van der Waals surface area contributed by atoms with Crippen LogP contribution in [0.1, 0.15) is 61.1 Å². The number of hydrogen-bond acceptors (Lipinski definition) is 0. The van der Waals surface area contributed by atoms with Crippen LogP contribution in [0.5, 0.6) is 0 Å². The van der Waals surface area contributed by atoms with Gasteiger partial charge in [0.15, 0.2) is 0 Å². The van der Waals surface area contributed by atoms with Gasteiger partial charge in [0.05, 0.1) is 0 Å². The zero-order chi connectivity index (χ0) is 23.2. The van der Waals surface area contributed by atoms with Crippen LogP contribution < -0.4 is 0 Å². The lowest BCUT2D eigenvalue weighted by molar-refractivity contribution is 0.0997. The number of hydrogen-bond donors (Lipinski definition) is 0. The van der Waals surface area contributed by atoms with E-state index in [0.29, 0.717) is 0 Å². The van der Waals surface area contributed by atoms with Gasteiger partial charge in [0, 0.05) is 48.5 Å². The molecule has 0 N–H and O–H groups in total. The van der Waals surface area contributed by atoms with Crippen LogP contribution in [0.2, 0.25) is 0 Å². The second-order valence-electron chi connectivity index (χ2n) is 9.94. The van der Waals surface area contributed by atoms with Crippen LogP contribution in [0.3, 0.4) is 0 Å². The van der Waals surface area contributed by atoms with Gasteiger partial charge in [0.2, 0.25) is 0 Å². The van der Waals surface area contributed by atoms with Gasteiger partial charge in [-0.05, 0) is 165 Å². The van der Waals surface area contributed by atoms with Crippen LogP contribution in [0.4, 0.5) is 0 Å². The molecule has 0 fully saturated rings. The van der Waals surface area contributed by atoms with Gasteiger partial charge < -0.3 is 0 Å². The van der Waals surface area contributed by atoms with Crippen molar-refractivity contribution in [2.24, 2.45) is 5.41 Å². The van der Waals surface area contributed by atoms with E-state index in [0.717, 1.165) is 26.8 Å². The van der Waals surface area contributed by atoms with Crippen molar-refractivity contribution >= 4 is 95.6 Å². The Labute approximate surface area is 239 Å². The average Bonchev–Trinajstić information content (AvgIpc) is 3.06. The van der Waals surface area contributed by atoms with E-state index in [-0.39, 0.29) is 21.7 Å². The molecule has 3 aliphatic rings. The molecule has 6 heteroatoms. The standard InChI is InChI=1S/C26H18Br6/c1-23-11-5-17(27)19(29)7-13(11)24(2)15-9-21(31)22(32)10-16(15)25(3,26(23,24)4)14-8-20(30)18(28)6-12(14)23/h5-10H,1-4H3. The normalized spacial score (nSPS) is 33.2. The van der Waals surface area contributed by atoms with Crippen molar-refractivity contribution in [3.8, 4) is 0 Å². The Morgan fingerprint density at radius 3 is 0.688 bits per heavy atom. The van der Waals surface area contributed by atoms with Gasteiger partial charge in [0.25, 0.3) is 0 Å². The first-order valence-corrected chi connectivity index (χ1v) is 15.1. The molecule has 0 aliphatic heterocycles. The fourth-order valence-corrected chi connectivity index (χ4v) is 9.73. The molecule has 0 aromatic heterocycles. The number of fused-ring (bicyclic) bond motifs is 9. The SMILES string of the molecule is CC12c3cc(Br)c(Br)cc3C3(C)c4cc(Br)c(Br)cc4C(C)(c4cc(Br)c(Br)cc41)C23C. The van der Waals surface area contributed by atoms with E-state index in [1.807, 2.05) is 0 Å². The summed E-state index contributed by atoms with van der Waals surface area (Å²) < 4.78 is 6.63. The Hall–Kier alpha value is 0.540. The second kappa shape index (κ2) is 6.64. The lowest BCUT2D eigenvalue weighted by atomic mass is 9.52. The third-order valence-electron chi connectivity index (χ3n) is 9.41. The van der Waals surface area contributed by atoms with Crippen molar-refractivity contribution in [2.45, 2.75) is 43.9 Å². The first kappa shape index (κ1) is 23.0. The first-order valence-electron chi connectivity index (χ1n) is 10.3. The summed E-state index contributed by atoms with van der Waals surface area (Å²) in [6, 6.07) is 14.1. The minimum absolute atomic E-state index is 0.0965. The molecule has 0 spiro atoms. The van der Waals surface area contributed by atoms with Gasteiger partial charge in [0.1, 0.15) is 0 Å². The van der Waals surface area contributed by atoms with Crippen molar-refractivity contribution in [3.63, 3.8) is 0 Å². The highest BCUT2D eigenvalue weighted by Crippen LogP contribution is 2.82. The monoisotopic (exact) mass is 804 g/mol. The summed E-state index contributed by atoms with van der Waals surface area (Å²) in [5, 5.41) is 0. The molecule has 0 nitrogen and oxygen atoms in total. The van der Waals surface area contributed by atoms with E-state index in [2.05, 4.69) is 160 Å². The topological polar surface area (TPSA) is 0 Å². The largest absolute Gasteiger partial charge is 0.0561 e. The van der Waals surface area contributed by atoms with E-state index in [4.69, 9.17) is 0 Å². The molecule has 0 saturated carbocycles. The molecule has 0 atom stereocenters. The summed E-state index contributed by atoms with van der Waals surface area (Å²) in [4.78, 5) is 0. The van der Waals surface area contributed by atoms with E-state index in [9.17, 15) is 0 Å². The van der Waals surface area contributed by atoms with Gasteiger partial charge >= 0.3 is 0 Å². The first-order chi connectivity index (χ1) is 14.8. The molecular formula is C26H18Br6. The molecule has 0 heterocycles.